The summed E-state index contributed by atoms with van der Waals surface area (Å²) >= 11 is 14.7. The molecule has 1 aliphatic carbocycles. The molecule has 2 saturated heterocycles. The molecule has 1 aromatic carbocycles. The van der Waals surface area contributed by atoms with Crippen LogP contribution in [0, 0.1) is 29.6 Å². The minimum atomic E-state index is -1.18. The molecule has 1 aromatic heterocycles. The van der Waals surface area contributed by atoms with Crippen molar-refractivity contribution in [3.63, 3.8) is 0 Å². The third-order valence-electron chi connectivity index (χ3n) is 11.4. The summed E-state index contributed by atoms with van der Waals surface area (Å²) in [6.07, 6.45) is 9.51. The van der Waals surface area contributed by atoms with Crippen molar-refractivity contribution in [1.29, 1.82) is 0 Å². The summed E-state index contributed by atoms with van der Waals surface area (Å²) in [4.78, 5) is 47.1. The largest absolute Gasteiger partial charge is 0.493 e. The van der Waals surface area contributed by atoms with Gasteiger partial charge in [0.05, 0.1) is 29.2 Å². The number of anilines is 1. The topological polar surface area (TPSA) is 104 Å². The van der Waals surface area contributed by atoms with Gasteiger partial charge in [-0.1, -0.05) is 56.1 Å². The van der Waals surface area contributed by atoms with Crippen molar-refractivity contribution < 1.29 is 33.3 Å². The Morgan fingerprint density at radius 2 is 1.72 bits per heavy atom. The number of carbonyl (C=O) groups is 3. The van der Waals surface area contributed by atoms with E-state index in [1.165, 1.54) is 11.8 Å². The van der Waals surface area contributed by atoms with Gasteiger partial charge in [-0.15, -0.1) is 11.8 Å². The number of ketones is 1. The number of nitrogens with zero attached hydrogens (tertiary/aromatic N) is 2. The third kappa shape index (κ3) is 9.84. The number of cyclic esters (lactones) is 1. The number of ether oxygens (including phenoxy) is 4. The van der Waals surface area contributed by atoms with E-state index in [9.17, 15) is 14.4 Å². The van der Waals surface area contributed by atoms with E-state index < -0.39 is 40.5 Å². The molecule has 53 heavy (non-hydrogen) atoms. The molecule has 0 N–H and O–H groups in total. The highest BCUT2D eigenvalue weighted by molar-refractivity contribution is 8.00. The van der Waals surface area contributed by atoms with Crippen LogP contribution in [-0.2, 0) is 30.4 Å². The van der Waals surface area contributed by atoms with Crippen molar-refractivity contribution in [2.45, 2.75) is 103 Å². The Labute approximate surface area is 328 Å². The number of hydrogen-bond acceptors (Lipinski definition) is 10. The second-order valence-corrected chi connectivity index (χ2v) is 17.4. The summed E-state index contributed by atoms with van der Waals surface area (Å²) in [5, 5.41) is 0.247. The maximum Gasteiger partial charge on any atom is 0.320 e. The fourth-order valence-corrected chi connectivity index (χ4v) is 10.0. The van der Waals surface area contributed by atoms with Crippen molar-refractivity contribution in [1.82, 2.24) is 4.98 Å². The Bertz CT molecular complexity index is 1630. The smallest absolute Gasteiger partial charge is 0.320 e. The maximum absolute atomic E-state index is 13.8. The second kappa shape index (κ2) is 18.1. The first kappa shape index (κ1) is 41.2. The predicted octanol–water partition coefficient (Wildman–Crippen LogP) is 9.16. The van der Waals surface area contributed by atoms with E-state index in [1.807, 2.05) is 32.0 Å². The quantitative estimate of drug-likeness (QED) is 0.171. The van der Waals surface area contributed by atoms with Gasteiger partial charge in [0.2, 0.25) is 0 Å². The van der Waals surface area contributed by atoms with Gasteiger partial charge in [0, 0.05) is 66.8 Å². The molecule has 2 aliphatic heterocycles. The van der Waals surface area contributed by atoms with Crippen molar-refractivity contribution in [2.24, 2.45) is 29.6 Å². The van der Waals surface area contributed by atoms with Crippen LogP contribution in [0.25, 0.3) is 0 Å². The van der Waals surface area contributed by atoms with Crippen molar-refractivity contribution >= 4 is 58.4 Å². The number of thioether (sulfide) groups is 1. The molecule has 5 rings (SSSR count). The fraction of sp³-hybridized carbons (Fsp3) is 0.610. The molecule has 2 aromatic rings. The first-order valence-electron chi connectivity index (χ1n) is 18.8. The molecule has 3 heterocycles. The van der Waals surface area contributed by atoms with E-state index >= 15 is 0 Å². The molecule has 7 atom stereocenters. The van der Waals surface area contributed by atoms with Gasteiger partial charge in [0.15, 0.2) is 11.5 Å². The van der Waals surface area contributed by atoms with Crippen LogP contribution in [0.15, 0.2) is 42.7 Å². The average Bonchev–Trinajstić information content (AvgIpc) is 3.73. The molecule has 12 heteroatoms. The molecule has 0 bridgehead atoms. The highest BCUT2D eigenvalue weighted by Gasteiger charge is 2.57. The van der Waals surface area contributed by atoms with E-state index in [2.05, 4.69) is 30.3 Å². The molecule has 3 aliphatic rings. The number of Topliss-reactive ketones (excluding diaryl/α,β-unsaturated/α-hetero) is 1. The number of halogens is 2. The first-order chi connectivity index (χ1) is 25.2. The van der Waals surface area contributed by atoms with Gasteiger partial charge in [-0.2, -0.15) is 0 Å². The summed E-state index contributed by atoms with van der Waals surface area (Å²) < 4.78 is 24.0. The Morgan fingerprint density at radius 3 is 2.40 bits per heavy atom. The molecule has 1 saturated carbocycles. The van der Waals surface area contributed by atoms with Crippen LogP contribution in [0.5, 0.6) is 11.5 Å². The molecule has 1 unspecified atom stereocenters. The third-order valence-corrected chi connectivity index (χ3v) is 13.3. The number of benzene rings is 1. The summed E-state index contributed by atoms with van der Waals surface area (Å²) in [6.45, 7) is 14.6. The number of carbonyl (C=O) groups excluding carboxylic acids is 3. The predicted molar refractivity (Wildman–Crippen MR) is 211 cm³/mol. The number of fused-ring (bicyclic) bond motifs is 1. The van der Waals surface area contributed by atoms with E-state index in [0.717, 1.165) is 55.3 Å². The van der Waals surface area contributed by atoms with Gasteiger partial charge >= 0.3 is 11.9 Å². The minimum absolute atomic E-state index is 0.0804. The summed E-state index contributed by atoms with van der Waals surface area (Å²) in [7, 11) is 1.63. The lowest BCUT2D eigenvalue weighted by Gasteiger charge is -2.35. The van der Waals surface area contributed by atoms with Gasteiger partial charge in [-0.25, -0.2) is 0 Å². The van der Waals surface area contributed by atoms with Crippen LogP contribution in [0.1, 0.15) is 85.1 Å². The number of aromatic nitrogens is 1. The SMILES string of the molecule is C=C1[C@@H](C)C(=O)OC[C@@]2(C)OC(=O)[C@@H](SCCN(Cc3c(Cl)cncc3Cl)c3ccc(OC)c(OC4CCCC4)c3)[C@@H]2[C@@H](C)C(=O)CCC(C)C[C@H]1C. The molecule has 9 nitrogen and oxygen atoms in total. The molecule has 290 valence electrons. The van der Waals surface area contributed by atoms with Crippen LogP contribution in [0.2, 0.25) is 10.0 Å². The van der Waals surface area contributed by atoms with Crippen LogP contribution in [-0.4, -0.2) is 65.7 Å². The monoisotopic (exact) mass is 788 g/mol. The van der Waals surface area contributed by atoms with Gasteiger partial charge in [-0.05, 0) is 76.3 Å². The normalized spacial score (nSPS) is 28.9. The van der Waals surface area contributed by atoms with Crippen molar-refractivity contribution in [3.05, 3.63) is 58.4 Å². The van der Waals surface area contributed by atoms with Crippen LogP contribution >= 0.6 is 35.0 Å². The van der Waals surface area contributed by atoms with Crippen LogP contribution in [0.4, 0.5) is 5.69 Å². The average molecular weight is 790 g/mol. The lowest BCUT2D eigenvalue weighted by Crippen LogP contribution is -2.46. The van der Waals surface area contributed by atoms with Gasteiger partial charge < -0.3 is 23.8 Å². The Morgan fingerprint density at radius 1 is 1.02 bits per heavy atom. The van der Waals surface area contributed by atoms with E-state index in [4.69, 9.17) is 42.1 Å². The number of methoxy groups -OCH3 is 1. The Balaban J connectivity index is 1.40. The number of rotatable bonds is 10. The lowest BCUT2D eigenvalue weighted by molar-refractivity contribution is -0.166. The van der Waals surface area contributed by atoms with Crippen LogP contribution < -0.4 is 14.4 Å². The standard InChI is InChI=1S/C41H54Cl2N2O7S/c1-24-12-14-34(46)28(5)37-38(40(48)52-41(37,6)23-50-39(47)27(4)26(3)25(2)18-24)53-17-16-45(22-31-32(42)20-44-21-33(31)43)29-13-15-35(49-7)36(19-29)51-30-10-8-9-11-30/h13,15,19-21,24-25,27-28,30,37-38H,3,8-12,14,16-18,22-23H2,1-2,4-7H3/t24?,25-,27-,28+,37+,38+,41-/m1/s1. The van der Waals surface area contributed by atoms with Gasteiger partial charge in [-0.3, -0.25) is 19.4 Å². The summed E-state index contributed by atoms with van der Waals surface area (Å²) in [6, 6.07) is 5.85. The van der Waals surface area contributed by atoms with Gasteiger partial charge in [0.25, 0.3) is 0 Å². The summed E-state index contributed by atoms with van der Waals surface area (Å²) in [5.74, 6) is -0.0593. The molecule has 3 fully saturated rings. The fourth-order valence-electron chi connectivity index (χ4n) is 8.03. The Kier molecular flexibility index (Phi) is 14.1. The highest BCUT2D eigenvalue weighted by Crippen LogP contribution is 2.46. The second-order valence-electron chi connectivity index (χ2n) is 15.4. The van der Waals surface area contributed by atoms with E-state index in [0.29, 0.717) is 46.8 Å². The van der Waals surface area contributed by atoms with Crippen LogP contribution in [0.3, 0.4) is 0 Å². The maximum atomic E-state index is 13.8. The summed E-state index contributed by atoms with van der Waals surface area (Å²) in [5.41, 5.74) is 1.23. The van der Waals surface area contributed by atoms with E-state index in [1.54, 1.807) is 26.4 Å². The minimum Gasteiger partial charge on any atom is -0.493 e. The van der Waals surface area contributed by atoms with Crippen molar-refractivity contribution in [3.8, 4) is 11.5 Å². The molecular weight excluding hydrogens is 735 g/mol. The molecule has 0 amide bonds. The Hall–Kier alpha value is -2.95. The number of esters is 2. The highest BCUT2D eigenvalue weighted by atomic mass is 35.5. The first-order valence-corrected chi connectivity index (χ1v) is 20.6. The molecular formula is C41H54Cl2N2O7S. The zero-order valence-electron chi connectivity index (χ0n) is 31.8. The number of hydrogen-bond donors (Lipinski definition) is 0. The molecule has 0 radical (unpaired) electrons. The lowest BCUT2D eigenvalue weighted by atomic mass is 9.76. The zero-order chi connectivity index (χ0) is 38.4. The van der Waals surface area contributed by atoms with E-state index in [-0.39, 0.29) is 30.3 Å². The van der Waals surface area contributed by atoms with Gasteiger partial charge in [0.1, 0.15) is 23.2 Å². The zero-order valence-corrected chi connectivity index (χ0v) is 34.2. The molecule has 0 spiro atoms. The van der Waals surface area contributed by atoms with Crippen molar-refractivity contribution in [2.75, 3.05) is 30.9 Å². The number of pyridine rings is 1.